The minimum Gasteiger partial charge on any atom is -0.348 e. The molecule has 0 radical (unpaired) electrons. The van der Waals surface area contributed by atoms with Crippen LogP contribution >= 0.6 is 0 Å². The van der Waals surface area contributed by atoms with Crippen LogP contribution in [0.4, 0.5) is 17.6 Å². The summed E-state index contributed by atoms with van der Waals surface area (Å²) in [5.41, 5.74) is 1.17. The van der Waals surface area contributed by atoms with Gasteiger partial charge in [-0.1, -0.05) is 54.6 Å². The lowest BCUT2D eigenvalue weighted by atomic mass is 9.97. The largest absolute Gasteiger partial charge is 0.348 e. The Morgan fingerprint density at radius 3 is 1.81 bits per heavy atom. The molecule has 2 nitrogen and oxygen atoms in total. The molecule has 1 heterocycles. The van der Waals surface area contributed by atoms with Gasteiger partial charge in [0, 0.05) is 22.6 Å². The van der Waals surface area contributed by atoms with Crippen LogP contribution in [-0.4, -0.2) is 13.2 Å². The molecule has 4 rings (SSSR count). The van der Waals surface area contributed by atoms with Crippen molar-refractivity contribution in [2.75, 3.05) is 13.2 Å². The van der Waals surface area contributed by atoms with Crippen LogP contribution in [0.2, 0.25) is 0 Å². The van der Waals surface area contributed by atoms with Gasteiger partial charge in [-0.2, -0.15) is 0 Å². The smallest absolute Gasteiger partial charge is 0.186 e. The molecule has 0 aliphatic carbocycles. The first-order valence-corrected chi connectivity index (χ1v) is 9.79. The van der Waals surface area contributed by atoms with Gasteiger partial charge in [0.05, 0.1) is 13.2 Å². The van der Waals surface area contributed by atoms with Gasteiger partial charge in [0.2, 0.25) is 0 Å². The minimum atomic E-state index is -1.05. The molecule has 3 aromatic rings. The fraction of sp³-hybridized carbons (Fsp3) is 0.200. The summed E-state index contributed by atoms with van der Waals surface area (Å²) in [6.45, 7) is 5.77. The maximum Gasteiger partial charge on any atom is 0.186 e. The van der Waals surface area contributed by atoms with E-state index in [4.69, 9.17) is 9.47 Å². The number of aryl methyl sites for hydroxylation is 1. The first kappa shape index (κ1) is 21.3. The molecule has 3 aromatic carbocycles. The van der Waals surface area contributed by atoms with Crippen molar-refractivity contribution < 1.29 is 27.0 Å². The fourth-order valence-electron chi connectivity index (χ4n) is 3.50. The average molecular weight is 428 g/mol. The molecule has 0 amide bonds. The van der Waals surface area contributed by atoms with Crippen LogP contribution in [0, 0.1) is 36.1 Å². The lowest BCUT2D eigenvalue weighted by Gasteiger charge is -2.28. The van der Waals surface area contributed by atoms with Crippen molar-refractivity contribution in [1.29, 1.82) is 0 Å². The summed E-state index contributed by atoms with van der Waals surface area (Å²) in [5.74, 6) is -3.92. The fourth-order valence-corrected chi connectivity index (χ4v) is 3.50. The van der Waals surface area contributed by atoms with Gasteiger partial charge in [-0.05, 0) is 23.6 Å². The summed E-state index contributed by atoms with van der Waals surface area (Å²) in [4.78, 5) is 0. The van der Waals surface area contributed by atoms with Crippen molar-refractivity contribution in [3.8, 4) is 22.3 Å². The van der Waals surface area contributed by atoms with Crippen LogP contribution in [0.3, 0.4) is 0 Å². The van der Waals surface area contributed by atoms with E-state index in [0.717, 1.165) is 0 Å². The third-order valence-electron chi connectivity index (χ3n) is 5.41. The summed E-state index contributed by atoms with van der Waals surface area (Å²) >= 11 is 0. The Hall–Kier alpha value is -2.96. The van der Waals surface area contributed by atoms with Crippen molar-refractivity contribution in [1.82, 2.24) is 0 Å². The molecule has 160 valence electrons. The van der Waals surface area contributed by atoms with Crippen molar-refractivity contribution in [3.63, 3.8) is 0 Å². The van der Waals surface area contributed by atoms with Crippen LogP contribution in [0.15, 0.2) is 61.2 Å². The van der Waals surface area contributed by atoms with E-state index in [0.29, 0.717) is 24.3 Å². The molecule has 6 heteroatoms. The number of rotatable bonds is 4. The molecule has 31 heavy (non-hydrogen) atoms. The molecule has 1 fully saturated rings. The van der Waals surface area contributed by atoms with Gasteiger partial charge in [0.1, 0.15) is 0 Å². The molecular formula is C25H20F4O2. The minimum absolute atomic E-state index is 0.00814. The van der Waals surface area contributed by atoms with Crippen LogP contribution in [0.1, 0.15) is 17.4 Å². The molecule has 1 aliphatic heterocycles. The Kier molecular flexibility index (Phi) is 5.94. The van der Waals surface area contributed by atoms with E-state index in [1.54, 1.807) is 6.08 Å². The molecule has 0 aromatic heterocycles. The van der Waals surface area contributed by atoms with Gasteiger partial charge in [-0.25, -0.2) is 17.6 Å². The number of ether oxygens (including phenoxy) is 2. The maximum atomic E-state index is 14.8. The van der Waals surface area contributed by atoms with Crippen LogP contribution in [0.25, 0.3) is 22.3 Å². The zero-order valence-corrected chi connectivity index (χ0v) is 16.8. The second-order valence-corrected chi connectivity index (χ2v) is 7.46. The highest BCUT2D eigenvalue weighted by atomic mass is 19.2. The van der Waals surface area contributed by atoms with Gasteiger partial charge in [-0.15, -0.1) is 6.58 Å². The molecule has 1 saturated heterocycles. The summed E-state index contributed by atoms with van der Waals surface area (Å²) in [6, 6.07) is 12.0. The van der Waals surface area contributed by atoms with Crippen molar-refractivity contribution >= 4 is 0 Å². The van der Waals surface area contributed by atoms with Gasteiger partial charge in [0.15, 0.2) is 29.6 Å². The standard InChI is InChI=1S/C25H20F4O2/c1-3-15-12-30-25(31-13-15)20-11-10-19(23(28)24(20)29)17-7-5-16(6-8-17)18-9-4-14(2)21(26)22(18)27/h3-11,15,25H,1,12-13H2,2H3. The third-order valence-corrected chi connectivity index (χ3v) is 5.41. The van der Waals surface area contributed by atoms with Gasteiger partial charge in [-0.3, -0.25) is 0 Å². The predicted octanol–water partition coefficient (Wildman–Crippen LogP) is 6.73. The molecule has 0 spiro atoms. The monoisotopic (exact) mass is 428 g/mol. The molecule has 1 aliphatic rings. The number of halogens is 4. The van der Waals surface area contributed by atoms with Crippen LogP contribution in [0.5, 0.6) is 0 Å². The Balaban J connectivity index is 1.61. The second-order valence-electron chi connectivity index (χ2n) is 7.46. The van der Waals surface area contributed by atoms with Crippen LogP contribution in [-0.2, 0) is 9.47 Å². The predicted molar refractivity (Wildman–Crippen MR) is 110 cm³/mol. The van der Waals surface area contributed by atoms with Crippen molar-refractivity contribution in [3.05, 3.63) is 95.6 Å². The van der Waals surface area contributed by atoms with E-state index < -0.39 is 29.6 Å². The molecule has 0 N–H and O–H groups in total. The number of hydrogen-bond donors (Lipinski definition) is 0. The normalized spacial score (nSPS) is 18.7. The van der Waals surface area contributed by atoms with Crippen molar-refractivity contribution in [2.24, 2.45) is 5.92 Å². The molecule has 0 unspecified atom stereocenters. The maximum absolute atomic E-state index is 14.8. The Morgan fingerprint density at radius 2 is 1.26 bits per heavy atom. The second kappa shape index (κ2) is 8.65. The van der Waals surface area contributed by atoms with E-state index in [1.165, 1.54) is 55.5 Å². The van der Waals surface area contributed by atoms with E-state index in [9.17, 15) is 17.6 Å². The zero-order chi connectivity index (χ0) is 22.1. The van der Waals surface area contributed by atoms with Gasteiger partial charge >= 0.3 is 0 Å². The summed E-state index contributed by atoms with van der Waals surface area (Å²) < 4.78 is 68.6. The Morgan fingerprint density at radius 1 is 0.742 bits per heavy atom. The first-order chi connectivity index (χ1) is 14.9. The summed E-state index contributed by atoms with van der Waals surface area (Å²) in [5, 5.41) is 0. The Labute approximate surface area is 177 Å². The van der Waals surface area contributed by atoms with Gasteiger partial charge < -0.3 is 9.47 Å². The third kappa shape index (κ3) is 4.01. The van der Waals surface area contributed by atoms with Crippen molar-refractivity contribution in [2.45, 2.75) is 13.2 Å². The lowest BCUT2D eigenvalue weighted by molar-refractivity contribution is -0.198. The van der Waals surface area contributed by atoms with E-state index in [1.807, 2.05) is 0 Å². The van der Waals surface area contributed by atoms with E-state index in [2.05, 4.69) is 6.58 Å². The number of hydrogen-bond acceptors (Lipinski definition) is 2. The van der Waals surface area contributed by atoms with Crippen LogP contribution < -0.4 is 0 Å². The summed E-state index contributed by atoms with van der Waals surface area (Å²) in [6.07, 6.45) is 0.707. The average Bonchev–Trinajstić information content (AvgIpc) is 2.80. The van der Waals surface area contributed by atoms with E-state index in [-0.39, 0.29) is 28.2 Å². The topological polar surface area (TPSA) is 18.5 Å². The summed E-state index contributed by atoms with van der Waals surface area (Å²) in [7, 11) is 0. The highest BCUT2D eigenvalue weighted by Gasteiger charge is 2.27. The SMILES string of the molecule is C=CC1COC(c2ccc(-c3ccc(-c4ccc(C)c(F)c4F)cc3)c(F)c2F)OC1. The highest BCUT2D eigenvalue weighted by molar-refractivity contribution is 5.71. The quantitative estimate of drug-likeness (QED) is 0.339. The molecule has 0 saturated carbocycles. The molecule has 0 bridgehead atoms. The highest BCUT2D eigenvalue weighted by Crippen LogP contribution is 2.34. The van der Waals surface area contributed by atoms with E-state index >= 15 is 0 Å². The lowest BCUT2D eigenvalue weighted by Crippen LogP contribution is -2.26. The zero-order valence-electron chi connectivity index (χ0n) is 16.8. The van der Waals surface area contributed by atoms with Gasteiger partial charge in [0.25, 0.3) is 0 Å². The Bertz CT molecular complexity index is 1120. The first-order valence-electron chi connectivity index (χ1n) is 9.79. The number of benzene rings is 3. The molecular weight excluding hydrogens is 408 g/mol. The molecule has 0 atom stereocenters.